The van der Waals surface area contributed by atoms with Crippen LogP contribution in [0.5, 0.6) is 0 Å². The monoisotopic (exact) mass is 187 g/mol. The van der Waals surface area contributed by atoms with Crippen molar-refractivity contribution in [1.29, 1.82) is 0 Å². The lowest BCUT2D eigenvalue weighted by molar-refractivity contribution is 0.748. The van der Waals surface area contributed by atoms with Crippen LogP contribution in [0.1, 0.15) is 13.8 Å². The minimum Gasteiger partial charge on any atom is -0.352 e. The van der Waals surface area contributed by atoms with E-state index in [2.05, 4.69) is 17.2 Å². The highest BCUT2D eigenvalue weighted by atomic mass is 35.5. The molecule has 0 spiro atoms. The van der Waals surface area contributed by atoms with Crippen LogP contribution in [0.2, 0.25) is 0 Å². The molecule has 0 bridgehead atoms. The van der Waals surface area contributed by atoms with Crippen LogP contribution in [0.3, 0.4) is 0 Å². The Morgan fingerprint density at radius 1 is 1.75 bits per heavy atom. The van der Waals surface area contributed by atoms with Gasteiger partial charge in [0.1, 0.15) is 0 Å². The van der Waals surface area contributed by atoms with Crippen LogP contribution in [-0.4, -0.2) is 21.5 Å². The summed E-state index contributed by atoms with van der Waals surface area (Å²) in [5, 5.41) is 3.21. The van der Waals surface area contributed by atoms with Gasteiger partial charge in [0.25, 0.3) is 0 Å². The number of imidazole rings is 1. The van der Waals surface area contributed by atoms with Crippen molar-refractivity contribution in [2.45, 2.75) is 26.4 Å². The summed E-state index contributed by atoms with van der Waals surface area (Å²) < 4.78 is 2.04. The van der Waals surface area contributed by atoms with Gasteiger partial charge in [0.05, 0.1) is 0 Å². The molecule has 4 heteroatoms. The van der Waals surface area contributed by atoms with E-state index in [4.69, 9.17) is 11.6 Å². The second kappa shape index (κ2) is 4.36. The average Bonchev–Trinajstić information content (AvgIpc) is 2.51. The summed E-state index contributed by atoms with van der Waals surface area (Å²) >= 11 is 5.66. The first-order valence-electron chi connectivity index (χ1n) is 4.11. The van der Waals surface area contributed by atoms with Gasteiger partial charge in [0.2, 0.25) is 5.95 Å². The molecule has 68 valence electrons. The fraction of sp³-hybridized carbons (Fsp3) is 0.625. The second-order valence-electron chi connectivity index (χ2n) is 2.74. The van der Waals surface area contributed by atoms with Crippen molar-refractivity contribution in [1.82, 2.24) is 9.55 Å². The van der Waals surface area contributed by atoms with E-state index >= 15 is 0 Å². The van der Waals surface area contributed by atoms with Crippen molar-refractivity contribution in [3.63, 3.8) is 0 Å². The van der Waals surface area contributed by atoms with Gasteiger partial charge in [-0.15, -0.1) is 11.6 Å². The van der Waals surface area contributed by atoms with Gasteiger partial charge in [-0.25, -0.2) is 4.98 Å². The number of halogens is 1. The normalized spacial score (nSPS) is 12.9. The maximum Gasteiger partial charge on any atom is 0.203 e. The Bertz CT molecular complexity index is 234. The largest absolute Gasteiger partial charge is 0.352 e. The summed E-state index contributed by atoms with van der Waals surface area (Å²) in [6.07, 6.45) is 3.73. The summed E-state index contributed by atoms with van der Waals surface area (Å²) in [6, 6.07) is 0.263. The zero-order valence-electron chi connectivity index (χ0n) is 7.42. The molecule has 0 amide bonds. The average molecular weight is 188 g/mol. The van der Waals surface area contributed by atoms with Crippen molar-refractivity contribution < 1.29 is 0 Å². The first kappa shape index (κ1) is 9.39. The van der Waals surface area contributed by atoms with Gasteiger partial charge in [-0.1, -0.05) is 0 Å². The third-order valence-electron chi connectivity index (χ3n) is 1.66. The number of hydrogen-bond donors (Lipinski definition) is 1. The van der Waals surface area contributed by atoms with Crippen LogP contribution in [0.25, 0.3) is 0 Å². The fourth-order valence-electron chi connectivity index (χ4n) is 0.963. The third kappa shape index (κ3) is 2.14. The van der Waals surface area contributed by atoms with E-state index in [9.17, 15) is 0 Å². The summed E-state index contributed by atoms with van der Waals surface area (Å²) in [5.41, 5.74) is 0. The summed E-state index contributed by atoms with van der Waals surface area (Å²) in [6.45, 7) is 5.04. The first-order valence-corrected chi connectivity index (χ1v) is 4.65. The second-order valence-corrected chi connectivity index (χ2v) is 3.05. The highest BCUT2D eigenvalue weighted by Crippen LogP contribution is 2.05. The van der Waals surface area contributed by atoms with Crippen LogP contribution >= 0.6 is 11.6 Å². The van der Waals surface area contributed by atoms with E-state index in [-0.39, 0.29) is 6.04 Å². The molecule has 0 aromatic carbocycles. The quantitative estimate of drug-likeness (QED) is 0.731. The molecular formula is C8H14ClN3. The molecule has 0 aliphatic heterocycles. The molecule has 1 heterocycles. The standard InChI is InChI=1S/C8H14ClN3/c1-3-12-5-4-10-8(12)11-7(2)6-9/h4-5,7H,3,6H2,1-2H3,(H,10,11). The highest BCUT2D eigenvalue weighted by Gasteiger charge is 2.03. The number of hydrogen-bond acceptors (Lipinski definition) is 2. The van der Waals surface area contributed by atoms with E-state index in [0.717, 1.165) is 12.5 Å². The number of rotatable bonds is 4. The lowest BCUT2D eigenvalue weighted by Crippen LogP contribution is -2.19. The molecule has 0 aliphatic carbocycles. The molecule has 1 N–H and O–H groups in total. The lowest BCUT2D eigenvalue weighted by atomic mass is 10.4. The predicted octanol–water partition coefficient (Wildman–Crippen LogP) is 1.94. The topological polar surface area (TPSA) is 29.9 Å². The maximum absolute atomic E-state index is 5.66. The zero-order valence-corrected chi connectivity index (χ0v) is 8.17. The number of alkyl halides is 1. The number of aromatic nitrogens is 2. The van der Waals surface area contributed by atoms with Gasteiger partial charge in [0.15, 0.2) is 0 Å². The minimum atomic E-state index is 0.263. The lowest BCUT2D eigenvalue weighted by Gasteiger charge is -2.11. The Labute approximate surface area is 77.7 Å². The predicted molar refractivity (Wildman–Crippen MR) is 51.7 cm³/mol. The van der Waals surface area contributed by atoms with Crippen molar-refractivity contribution in [2.24, 2.45) is 0 Å². The molecule has 0 fully saturated rings. The molecule has 1 aromatic rings. The Balaban J connectivity index is 2.61. The highest BCUT2D eigenvalue weighted by molar-refractivity contribution is 6.18. The Morgan fingerprint density at radius 2 is 2.50 bits per heavy atom. The van der Waals surface area contributed by atoms with Crippen LogP contribution in [0, 0.1) is 0 Å². The van der Waals surface area contributed by atoms with Crippen LogP contribution in [0.15, 0.2) is 12.4 Å². The van der Waals surface area contributed by atoms with E-state index in [1.165, 1.54) is 0 Å². The van der Waals surface area contributed by atoms with Gasteiger partial charge in [0, 0.05) is 30.9 Å². The first-order chi connectivity index (χ1) is 5.77. The number of anilines is 1. The molecular weight excluding hydrogens is 174 g/mol. The van der Waals surface area contributed by atoms with Gasteiger partial charge in [-0.3, -0.25) is 0 Å². The van der Waals surface area contributed by atoms with E-state index in [1.807, 2.05) is 17.7 Å². The van der Waals surface area contributed by atoms with Gasteiger partial charge >= 0.3 is 0 Å². The molecule has 0 saturated carbocycles. The summed E-state index contributed by atoms with van der Waals surface area (Å²) in [5.74, 6) is 1.49. The summed E-state index contributed by atoms with van der Waals surface area (Å²) in [7, 11) is 0. The number of nitrogens with zero attached hydrogens (tertiary/aromatic N) is 2. The van der Waals surface area contributed by atoms with Crippen molar-refractivity contribution >= 4 is 17.5 Å². The molecule has 3 nitrogen and oxygen atoms in total. The Hall–Kier alpha value is -0.700. The van der Waals surface area contributed by atoms with Gasteiger partial charge < -0.3 is 9.88 Å². The van der Waals surface area contributed by atoms with E-state index in [1.54, 1.807) is 6.20 Å². The maximum atomic E-state index is 5.66. The van der Waals surface area contributed by atoms with Gasteiger partial charge in [-0.05, 0) is 13.8 Å². The van der Waals surface area contributed by atoms with E-state index < -0.39 is 0 Å². The van der Waals surface area contributed by atoms with E-state index in [0.29, 0.717) is 5.88 Å². The third-order valence-corrected chi connectivity index (χ3v) is 2.13. The van der Waals surface area contributed by atoms with Crippen molar-refractivity contribution in [3.05, 3.63) is 12.4 Å². The minimum absolute atomic E-state index is 0.263. The summed E-state index contributed by atoms with van der Waals surface area (Å²) in [4.78, 5) is 4.17. The molecule has 0 saturated heterocycles. The van der Waals surface area contributed by atoms with Crippen LogP contribution < -0.4 is 5.32 Å². The van der Waals surface area contributed by atoms with Crippen molar-refractivity contribution in [2.75, 3.05) is 11.2 Å². The van der Waals surface area contributed by atoms with Crippen molar-refractivity contribution in [3.8, 4) is 0 Å². The molecule has 0 radical (unpaired) electrons. The fourth-order valence-corrected chi connectivity index (χ4v) is 1.04. The Morgan fingerprint density at radius 3 is 3.08 bits per heavy atom. The molecule has 1 rings (SSSR count). The zero-order chi connectivity index (χ0) is 8.97. The van der Waals surface area contributed by atoms with Crippen LogP contribution in [-0.2, 0) is 6.54 Å². The Kier molecular flexibility index (Phi) is 3.41. The molecule has 1 atom stereocenters. The molecule has 1 unspecified atom stereocenters. The number of nitrogens with one attached hydrogen (secondary N) is 1. The number of aryl methyl sites for hydroxylation is 1. The SMILES string of the molecule is CCn1ccnc1NC(C)CCl. The molecule has 12 heavy (non-hydrogen) atoms. The van der Waals surface area contributed by atoms with Crippen LogP contribution in [0.4, 0.5) is 5.95 Å². The van der Waals surface area contributed by atoms with Gasteiger partial charge in [-0.2, -0.15) is 0 Å². The molecule has 0 aliphatic rings. The molecule has 1 aromatic heterocycles. The smallest absolute Gasteiger partial charge is 0.203 e.